The molecule has 0 saturated heterocycles. The van der Waals surface area contributed by atoms with Gasteiger partial charge >= 0.3 is 6.18 Å². The minimum absolute atomic E-state index is 0.0326. The van der Waals surface area contributed by atoms with Gasteiger partial charge in [-0.3, -0.25) is 0 Å². The van der Waals surface area contributed by atoms with E-state index in [1.54, 1.807) is 36.5 Å². The molecule has 2 N–H and O–H groups in total. The molecule has 0 amide bonds. The van der Waals surface area contributed by atoms with Crippen molar-refractivity contribution >= 4 is 21.7 Å². The van der Waals surface area contributed by atoms with Crippen LogP contribution in [-0.4, -0.2) is 4.98 Å². The molecule has 3 aromatic rings. The molecule has 1 heterocycles. The van der Waals surface area contributed by atoms with Crippen LogP contribution >= 0.6 is 15.9 Å². The van der Waals surface area contributed by atoms with Crippen molar-refractivity contribution in [2.24, 2.45) is 0 Å². The van der Waals surface area contributed by atoms with Gasteiger partial charge in [0.15, 0.2) is 0 Å². The first-order chi connectivity index (χ1) is 11.8. The highest BCUT2D eigenvalue weighted by Gasteiger charge is 2.33. The number of halogens is 4. The van der Waals surface area contributed by atoms with Crippen LogP contribution in [0.2, 0.25) is 0 Å². The van der Waals surface area contributed by atoms with E-state index in [-0.39, 0.29) is 10.2 Å². The highest BCUT2D eigenvalue weighted by Crippen LogP contribution is 2.38. The van der Waals surface area contributed by atoms with Gasteiger partial charge in [0.2, 0.25) is 0 Å². The van der Waals surface area contributed by atoms with Gasteiger partial charge in [0, 0.05) is 16.2 Å². The zero-order valence-corrected chi connectivity index (χ0v) is 14.3. The molecule has 7 heteroatoms. The zero-order valence-electron chi connectivity index (χ0n) is 12.7. The van der Waals surface area contributed by atoms with Gasteiger partial charge in [-0.05, 0) is 48.0 Å². The molecule has 128 valence electrons. The Bertz CT molecular complexity index is 896. The van der Waals surface area contributed by atoms with Crippen LogP contribution in [0.15, 0.2) is 65.3 Å². The van der Waals surface area contributed by atoms with E-state index in [0.717, 1.165) is 17.2 Å². The van der Waals surface area contributed by atoms with Gasteiger partial charge in [-0.2, -0.15) is 13.2 Å². The summed E-state index contributed by atoms with van der Waals surface area (Å²) in [4.78, 5) is 4.02. The zero-order chi connectivity index (χ0) is 18.0. The molecule has 3 rings (SSSR count). The standard InChI is InChI=1S/C18H12BrF3N2O/c19-16-8-7-13(10-15(16)18(20,21)22)25-12-5-3-11(4-6-12)14-2-1-9-24-17(14)23/h1-10H,(H2,23,24). The van der Waals surface area contributed by atoms with Gasteiger partial charge in [-0.15, -0.1) is 0 Å². The van der Waals surface area contributed by atoms with Crippen LogP contribution in [0.4, 0.5) is 19.0 Å². The number of aromatic nitrogens is 1. The normalized spacial score (nSPS) is 11.4. The minimum atomic E-state index is -4.46. The van der Waals surface area contributed by atoms with Crippen LogP contribution in [-0.2, 0) is 6.18 Å². The fourth-order valence-corrected chi connectivity index (χ4v) is 2.76. The summed E-state index contributed by atoms with van der Waals surface area (Å²) in [7, 11) is 0. The summed E-state index contributed by atoms with van der Waals surface area (Å²) in [5.41, 5.74) is 6.66. The van der Waals surface area contributed by atoms with Gasteiger partial charge in [0.05, 0.1) is 5.56 Å². The summed E-state index contributed by atoms with van der Waals surface area (Å²) in [6.07, 6.45) is -2.86. The maximum absolute atomic E-state index is 12.9. The van der Waals surface area contributed by atoms with E-state index in [4.69, 9.17) is 10.5 Å². The molecular formula is C18H12BrF3N2O. The monoisotopic (exact) mass is 408 g/mol. The Morgan fingerprint density at radius 2 is 1.64 bits per heavy atom. The summed E-state index contributed by atoms with van der Waals surface area (Å²) in [5, 5.41) is 0. The van der Waals surface area contributed by atoms with E-state index >= 15 is 0 Å². The number of rotatable bonds is 3. The van der Waals surface area contributed by atoms with Crippen LogP contribution in [0.1, 0.15) is 5.56 Å². The predicted molar refractivity (Wildman–Crippen MR) is 93.3 cm³/mol. The minimum Gasteiger partial charge on any atom is -0.457 e. The van der Waals surface area contributed by atoms with Crippen molar-refractivity contribution in [3.05, 3.63) is 70.8 Å². The Hall–Kier alpha value is -2.54. The van der Waals surface area contributed by atoms with Gasteiger partial charge in [0.1, 0.15) is 17.3 Å². The molecule has 0 aliphatic carbocycles. The third-order valence-corrected chi connectivity index (χ3v) is 4.17. The van der Waals surface area contributed by atoms with E-state index in [1.165, 1.54) is 12.1 Å². The van der Waals surface area contributed by atoms with Gasteiger partial charge in [0.25, 0.3) is 0 Å². The maximum atomic E-state index is 12.9. The van der Waals surface area contributed by atoms with Gasteiger partial charge in [-0.25, -0.2) is 4.98 Å². The topological polar surface area (TPSA) is 48.1 Å². The largest absolute Gasteiger partial charge is 0.457 e. The first kappa shape index (κ1) is 17.3. The first-order valence-corrected chi connectivity index (χ1v) is 7.99. The van der Waals surface area contributed by atoms with Crippen molar-refractivity contribution in [3.63, 3.8) is 0 Å². The number of anilines is 1. The molecule has 0 saturated carbocycles. The van der Waals surface area contributed by atoms with E-state index < -0.39 is 11.7 Å². The van der Waals surface area contributed by atoms with Gasteiger partial charge in [-0.1, -0.05) is 28.1 Å². The Labute approximate surface area is 150 Å². The molecule has 0 spiro atoms. The Kier molecular flexibility index (Phi) is 4.67. The fourth-order valence-electron chi connectivity index (χ4n) is 2.29. The molecule has 0 radical (unpaired) electrons. The van der Waals surface area contributed by atoms with Crippen LogP contribution in [0.3, 0.4) is 0 Å². The summed E-state index contributed by atoms with van der Waals surface area (Å²) in [5.74, 6) is 0.921. The van der Waals surface area contributed by atoms with Crippen molar-refractivity contribution in [2.75, 3.05) is 5.73 Å². The molecule has 2 aromatic carbocycles. The predicted octanol–water partition coefficient (Wildman–Crippen LogP) is 5.90. The molecular weight excluding hydrogens is 397 g/mol. The first-order valence-electron chi connectivity index (χ1n) is 7.20. The van der Waals surface area contributed by atoms with Crippen molar-refractivity contribution in [1.29, 1.82) is 0 Å². The van der Waals surface area contributed by atoms with Crippen LogP contribution < -0.4 is 10.5 Å². The average Bonchev–Trinajstić information content (AvgIpc) is 2.57. The summed E-state index contributed by atoms with van der Waals surface area (Å²) in [6, 6.07) is 14.2. The SMILES string of the molecule is Nc1ncccc1-c1ccc(Oc2ccc(Br)c(C(F)(F)F)c2)cc1. The van der Waals surface area contributed by atoms with Crippen molar-refractivity contribution in [3.8, 4) is 22.6 Å². The fraction of sp³-hybridized carbons (Fsp3) is 0.0556. The molecule has 0 unspecified atom stereocenters. The van der Waals surface area contributed by atoms with E-state index in [2.05, 4.69) is 20.9 Å². The second kappa shape index (κ2) is 6.76. The number of nitrogens with zero attached hydrogens (tertiary/aromatic N) is 1. The summed E-state index contributed by atoms with van der Waals surface area (Å²) >= 11 is 2.90. The van der Waals surface area contributed by atoms with Crippen LogP contribution in [0.25, 0.3) is 11.1 Å². The van der Waals surface area contributed by atoms with E-state index in [9.17, 15) is 13.2 Å². The number of nitrogen functional groups attached to an aromatic ring is 1. The van der Waals surface area contributed by atoms with Crippen molar-refractivity contribution < 1.29 is 17.9 Å². The molecule has 25 heavy (non-hydrogen) atoms. The van der Waals surface area contributed by atoms with E-state index in [1.807, 2.05) is 6.07 Å². The molecule has 3 nitrogen and oxygen atoms in total. The maximum Gasteiger partial charge on any atom is 0.417 e. The molecule has 1 aromatic heterocycles. The molecule has 0 aliphatic rings. The number of alkyl halides is 3. The highest BCUT2D eigenvalue weighted by molar-refractivity contribution is 9.10. The van der Waals surface area contributed by atoms with Crippen molar-refractivity contribution in [2.45, 2.75) is 6.18 Å². The number of nitrogens with two attached hydrogens (primary N) is 1. The lowest BCUT2D eigenvalue weighted by Gasteiger charge is -2.12. The molecule has 0 atom stereocenters. The van der Waals surface area contributed by atoms with Crippen LogP contribution in [0.5, 0.6) is 11.5 Å². The number of pyridine rings is 1. The molecule has 0 aliphatic heterocycles. The average molecular weight is 409 g/mol. The smallest absolute Gasteiger partial charge is 0.417 e. The lowest BCUT2D eigenvalue weighted by atomic mass is 10.1. The number of hydrogen-bond acceptors (Lipinski definition) is 3. The molecule has 0 bridgehead atoms. The van der Waals surface area contributed by atoms with E-state index in [0.29, 0.717) is 11.6 Å². The number of hydrogen-bond donors (Lipinski definition) is 1. The quantitative estimate of drug-likeness (QED) is 0.586. The van der Waals surface area contributed by atoms with Crippen molar-refractivity contribution in [1.82, 2.24) is 4.98 Å². The lowest BCUT2D eigenvalue weighted by molar-refractivity contribution is -0.138. The summed E-state index contributed by atoms with van der Waals surface area (Å²) in [6.45, 7) is 0. The third-order valence-electron chi connectivity index (χ3n) is 3.48. The number of ether oxygens (including phenoxy) is 1. The highest BCUT2D eigenvalue weighted by atomic mass is 79.9. The Morgan fingerprint density at radius 1 is 0.960 bits per heavy atom. The second-order valence-electron chi connectivity index (χ2n) is 5.20. The molecule has 0 fully saturated rings. The van der Waals surface area contributed by atoms with Crippen LogP contribution in [0, 0.1) is 0 Å². The van der Waals surface area contributed by atoms with Gasteiger partial charge < -0.3 is 10.5 Å². The Balaban J connectivity index is 1.84. The second-order valence-corrected chi connectivity index (χ2v) is 6.06. The number of benzene rings is 2. The lowest BCUT2D eigenvalue weighted by Crippen LogP contribution is -2.06. The Morgan fingerprint density at radius 3 is 2.28 bits per heavy atom. The third kappa shape index (κ3) is 3.93. The summed E-state index contributed by atoms with van der Waals surface area (Å²) < 4.78 is 44.3.